The lowest BCUT2D eigenvalue weighted by Gasteiger charge is -2.21. The molecule has 1 atom stereocenters. The highest BCUT2D eigenvalue weighted by atomic mass is 32.2. The SMILES string of the molecule is CN1CCC(CN(C)S(=O)(=O)c2ccccc2N)C1. The molecule has 0 bridgehead atoms. The molecule has 1 heterocycles. The fourth-order valence-electron chi connectivity index (χ4n) is 2.52. The van der Waals surface area contributed by atoms with Crippen LogP contribution in [0, 0.1) is 5.92 Å². The van der Waals surface area contributed by atoms with Crippen LogP contribution in [0.3, 0.4) is 0 Å². The number of hydrogen-bond acceptors (Lipinski definition) is 4. The number of para-hydroxylation sites is 1. The van der Waals surface area contributed by atoms with Crippen LogP contribution in [0.5, 0.6) is 0 Å². The van der Waals surface area contributed by atoms with Gasteiger partial charge in [-0.1, -0.05) is 12.1 Å². The topological polar surface area (TPSA) is 66.6 Å². The molecule has 1 aromatic rings. The Bertz CT molecular complexity index is 545. The van der Waals surface area contributed by atoms with E-state index in [4.69, 9.17) is 5.73 Å². The average Bonchev–Trinajstić information content (AvgIpc) is 2.75. The monoisotopic (exact) mass is 283 g/mol. The summed E-state index contributed by atoms with van der Waals surface area (Å²) in [5.74, 6) is 0.398. The zero-order chi connectivity index (χ0) is 14.0. The van der Waals surface area contributed by atoms with Gasteiger partial charge in [0.15, 0.2) is 0 Å². The molecule has 5 nitrogen and oxygen atoms in total. The number of sulfonamides is 1. The Morgan fingerprint density at radius 3 is 2.68 bits per heavy atom. The Hall–Kier alpha value is -1.11. The maximum absolute atomic E-state index is 12.5. The molecule has 0 radical (unpaired) electrons. The van der Waals surface area contributed by atoms with Gasteiger partial charge in [-0.15, -0.1) is 0 Å². The molecule has 0 saturated carbocycles. The summed E-state index contributed by atoms with van der Waals surface area (Å²) in [6.07, 6.45) is 1.04. The molecule has 1 unspecified atom stereocenters. The van der Waals surface area contributed by atoms with E-state index in [-0.39, 0.29) is 4.90 Å². The Labute approximate surface area is 115 Å². The van der Waals surface area contributed by atoms with Crippen molar-refractivity contribution in [2.75, 3.05) is 39.5 Å². The van der Waals surface area contributed by atoms with Crippen LogP contribution in [0.4, 0.5) is 5.69 Å². The maximum Gasteiger partial charge on any atom is 0.244 e. The van der Waals surface area contributed by atoms with E-state index in [1.165, 1.54) is 4.31 Å². The van der Waals surface area contributed by atoms with Crippen molar-refractivity contribution in [3.8, 4) is 0 Å². The molecule has 0 aliphatic carbocycles. The van der Waals surface area contributed by atoms with Gasteiger partial charge in [0.1, 0.15) is 4.90 Å². The summed E-state index contributed by atoms with van der Waals surface area (Å²) in [5.41, 5.74) is 6.06. The van der Waals surface area contributed by atoms with Gasteiger partial charge in [-0.25, -0.2) is 12.7 Å². The fraction of sp³-hybridized carbons (Fsp3) is 0.538. The van der Waals surface area contributed by atoms with Crippen molar-refractivity contribution in [3.63, 3.8) is 0 Å². The van der Waals surface area contributed by atoms with E-state index in [2.05, 4.69) is 11.9 Å². The van der Waals surface area contributed by atoms with E-state index < -0.39 is 10.0 Å². The first-order valence-electron chi connectivity index (χ1n) is 6.40. The summed E-state index contributed by atoms with van der Waals surface area (Å²) in [6.45, 7) is 2.52. The standard InChI is InChI=1S/C13H21N3O2S/c1-15-8-7-11(9-15)10-16(2)19(17,18)13-6-4-3-5-12(13)14/h3-6,11H,7-10,14H2,1-2H3. The minimum Gasteiger partial charge on any atom is -0.398 e. The van der Waals surface area contributed by atoms with Crippen LogP contribution in [0.15, 0.2) is 29.2 Å². The van der Waals surface area contributed by atoms with Crippen LogP contribution in [-0.2, 0) is 10.0 Å². The third-order valence-corrected chi connectivity index (χ3v) is 5.51. The normalized spacial score (nSPS) is 21.1. The molecule has 19 heavy (non-hydrogen) atoms. The van der Waals surface area contributed by atoms with Gasteiger partial charge in [0.05, 0.1) is 5.69 Å². The summed E-state index contributed by atoms with van der Waals surface area (Å²) >= 11 is 0. The van der Waals surface area contributed by atoms with E-state index >= 15 is 0 Å². The van der Waals surface area contributed by atoms with Gasteiger partial charge in [-0.3, -0.25) is 0 Å². The van der Waals surface area contributed by atoms with Gasteiger partial charge < -0.3 is 10.6 Å². The Kier molecular flexibility index (Phi) is 4.13. The van der Waals surface area contributed by atoms with Gasteiger partial charge in [-0.2, -0.15) is 0 Å². The molecule has 0 aromatic heterocycles. The third-order valence-electron chi connectivity index (χ3n) is 3.61. The van der Waals surface area contributed by atoms with E-state index in [1.807, 2.05) is 0 Å². The molecule has 2 rings (SSSR count). The zero-order valence-corrected chi connectivity index (χ0v) is 12.2. The van der Waals surface area contributed by atoms with Gasteiger partial charge >= 0.3 is 0 Å². The molecular weight excluding hydrogens is 262 g/mol. The zero-order valence-electron chi connectivity index (χ0n) is 11.4. The predicted molar refractivity (Wildman–Crippen MR) is 76.3 cm³/mol. The second-order valence-electron chi connectivity index (χ2n) is 5.24. The van der Waals surface area contributed by atoms with E-state index in [0.717, 1.165) is 19.5 Å². The lowest BCUT2D eigenvalue weighted by molar-refractivity contribution is 0.357. The van der Waals surface area contributed by atoms with Gasteiger partial charge in [0.25, 0.3) is 0 Å². The van der Waals surface area contributed by atoms with Crippen molar-refractivity contribution in [3.05, 3.63) is 24.3 Å². The van der Waals surface area contributed by atoms with Crippen LogP contribution in [0.1, 0.15) is 6.42 Å². The van der Waals surface area contributed by atoms with Gasteiger partial charge in [0, 0.05) is 20.1 Å². The molecule has 2 N–H and O–H groups in total. The van der Waals surface area contributed by atoms with Crippen LogP contribution in [0.25, 0.3) is 0 Å². The van der Waals surface area contributed by atoms with Crippen LogP contribution < -0.4 is 5.73 Å². The smallest absolute Gasteiger partial charge is 0.244 e. The first kappa shape index (κ1) is 14.3. The molecule has 1 aliphatic rings. The van der Waals surface area contributed by atoms with Crippen LogP contribution in [-0.4, -0.2) is 51.4 Å². The van der Waals surface area contributed by atoms with Crippen molar-refractivity contribution in [1.82, 2.24) is 9.21 Å². The number of rotatable bonds is 4. The number of nitrogens with zero attached hydrogens (tertiary/aromatic N) is 2. The summed E-state index contributed by atoms with van der Waals surface area (Å²) in [4.78, 5) is 2.42. The number of nitrogen functional groups attached to an aromatic ring is 1. The molecule has 0 amide bonds. The van der Waals surface area contributed by atoms with E-state index in [0.29, 0.717) is 18.2 Å². The van der Waals surface area contributed by atoms with Crippen molar-refractivity contribution < 1.29 is 8.42 Å². The molecule has 1 aromatic carbocycles. The number of anilines is 1. The summed E-state index contributed by atoms with van der Waals surface area (Å²) < 4.78 is 26.3. The number of likely N-dealkylation sites (tertiary alicyclic amines) is 1. The largest absolute Gasteiger partial charge is 0.398 e. The van der Waals surface area contributed by atoms with Crippen molar-refractivity contribution in [1.29, 1.82) is 0 Å². The highest BCUT2D eigenvalue weighted by Crippen LogP contribution is 2.23. The minimum atomic E-state index is -3.48. The Morgan fingerprint density at radius 2 is 2.11 bits per heavy atom. The lowest BCUT2D eigenvalue weighted by Crippen LogP contribution is -2.33. The second-order valence-corrected chi connectivity index (χ2v) is 7.25. The molecule has 1 saturated heterocycles. The Balaban J connectivity index is 2.14. The van der Waals surface area contributed by atoms with Crippen molar-refractivity contribution in [2.45, 2.75) is 11.3 Å². The Morgan fingerprint density at radius 1 is 1.42 bits per heavy atom. The number of nitrogens with two attached hydrogens (primary N) is 1. The lowest BCUT2D eigenvalue weighted by atomic mass is 10.1. The molecule has 6 heteroatoms. The van der Waals surface area contributed by atoms with Crippen molar-refractivity contribution in [2.24, 2.45) is 5.92 Å². The quantitative estimate of drug-likeness (QED) is 0.832. The van der Waals surface area contributed by atoms with E-state index in [9.17, 15) is 8.42 Å². The summed E-state index contributed by atoms with van der Waals surface area (Å²) in [5, 5.41) is 0. The highest BCUT2D eigenvalue weighted by Gasteiger charge is 2.28. The second kappa shape index (κ2) is 5.48. The predicted octanol–water partition coefficient (Wildman–Crippen LogP) is 0.841. The third kappa shape index (κ3) is 3.08. The summed E-state index contributed by atoms with van der Waals surface area (Å²) in [7, 11) is 0.200. The van der Waals surface area contributed by atoms with Gasteiger partial charge in [-0.05, 0) is 38.1 Å². The maximum atomic E-state index is 12.5. The minimum absolute atomic E-state index is 0.198. The van der Waals surface area contributed by atoms with Crippen LogP contribution >= 0.6 is 0 Å². The number of hydrogen-bond donors (Lipinski definition) is 1. The molecular formula is C13H21N3O2S. The molecule has 0 spiro atoms. The van der Waals surface area contributed by atoms with Crippen LogP contribution in [0.2, 0.25) is 0 Å². The molecule has 1 aliphatic heterocycles. The van der Waals surface area contributed by atoms with E-state index in [1.54, 1.807) is 31.3 Å². The first-order valence-corrected chi connectivity index (χ1v) is 7.84. The molecule has 1 fully saturated rings. The highest BCUT2D eigenvalue weighted by molar-refractivity contribution is 7.89. The average molecular weight is 283 g/mol. The summed E-state index contributed by atoms with van der Waals surface area (Å²) in [6, 6.07) is 6.60. The first-order chi connectivity index (χ1) is 8.91. The fourth-order valence-corrected chi connectivity index (χ4v) is 3.88. The molecule has 106 valence electrons. The van der Waals surface area contributed by atoms with Crippen molar-refractivity contribution >= 4 is 15.7 Å². The van der Waals surface area contributed by atoms with Gasteiger partial charge in [0.2, 0.25) is 10.0 Å². The number of benzene rings is 1.